The normalized spacial score (nSPS) is 20.2. The SMILES string of the molecule is O=C1C(=O)N(C2CCC2)CCN1Cc1ccc(Br)cn1. The third kappa shape index (κ3) is 2.57. The number of nitrogens with zero attached hydrogens (tertiary/aromatic N) is 3. The average molecular weight is 338 g/mol. The number of hydrogen-bond donors (Lipinski definition) is 0. The molecular formula is C14H16BrN3O2. The summed E-state index contributed by atoms with van der Waals surface area (Å²) in [5, 5.41) is 0. The summed E-state index contributed by atoms with van der Waals surface area (Å²) in [6.45, 7) is 1.64. The quantitative estimate of drug-likeness (QED) is 0.786. The Morgan fingerprint density at radius 2 is 2.00 bits per heavy atom. The molecule has 0 N–H and O–H groups in total. The summed E-state index contributed by atoms with van der Waals surface area (Å²) in [5.41, 5.74) is 0.798. The van der Waals surface area contributed by atoms with Crippen LogP contribution in [0.4, 0.5) is 0 Å². The van der Waals surface area contributed by atoms with E-state index in [1.165, 1.54) is 0 Å². The average Bonchev–Trinajstić information content (AvgIpc) is 2.39. The molecule has 1 saturated carbocycles. The molecule has 2 heterocycles. The number of aromatic nitrogens is 1. The van der Waals surface area contributed by atoms with Crippen LogP contribution in [0.1, 0.15) is 25.0 Å². The van der Waals surface area contributed by atoms with Crippen molar-refractivity contribution in [1.29, 1.82) is 0 Å². The summed E-state index contributed by atoms with van der Waals surface area (Å²) < 4.78 is 0.901. The molecule has 1 aromatic rings. The Kier molecular flexibility index (Phi) is 3.74. The van der Waals surface area contributed by atoms with E-state index in [0.29, 0.717) is 25.7 Å². The predicted octanol–water partition coefficient (Wildman–Crippen LogP) is 1.57. The number of amides is 2. The van der Waals surface area contributed by atoms with Crippen LogP contribution in [0.25, 0.3) is 0 Å². The molecule has 5 nitrogen and oxygen atoms in total. The number of pyridine rings is 1. The van der Waals surface area contributed by atoms with Gasteiger partial charge in [0.1, 0.15) is 0 Å². The Bertz CT molecular complexity index is 528. The first-order chi connectivity index (χ1) is 9.65. The van der Waals surface area contributed by atoms with Gasteiger partial charge in [-0.3, -0.25) is 14.6 Å². The van der Waals surface area contributed by atoms with E-state index in [1.54, 1.807) is 16.0 Å². The smallest absolute Gasteiger partial charge is 0.312 e. The van der Waals surface area contributed by atoms with E-state index in [0.717, 1.165) is 29.4 Å². The van der Waals surface area contributed by atoms with Crippen LogP contribution >= 0.6 is 15.9 Å². The molecule has 106 valence electrons. The van der Waals surface area contributed by atoms with Crippen molar-refractivity contribution in [2.75, 3.05) is 13.1 Å². The van der Waals surface area contributed by atoms with Gasteiger partial charge in [0.25, 0.3) is 0 Å². The standard InChI is InChI=1S/C14H16BrN3O2/c15-10-4-5-11(16-8-10)9-17-6-7-18(12-2-1-3-12)14(20)13(17)19/h4-5,8,12H,1-3,6-7,9H2. The first-order valence-corrected chi connectivity index (χ1v) is 7.65. The van der Waals surface area contributed by atoms with Gasteiger partial charge in [-0.1, -0.05) is 0 Å². The van der Waals surface area contributed by atoms with Gasteiger partial charge in [0.05, 0.1) is 12.2 Å². The summed E-state index contributed by atoms with van der Waals surface area (Å²) in [6, 6.07) is 4.04. The maximum atomic E-state index is 12.1. The predicted molar refractivity (Wildman–Crippen MR) is 76.7 cm³/mol. The molecule has 3 rings (SSSR count). The molecule has 0 radical (unpaired) electrons. The van der Waals surface area contributed by atoms with Crippen molar-refractivity contribution >= 4 is 27.7 Å². The summed E-state index contributed by atoms with van der Waals surface area (Å²) >= 11 is 3.33. The van der Waals surface area contributed by atoms with Crippen molar-refractivity contribution in [1.82, 2.24) is 14.8 Å². The molecule has 0 atom stereocenters. The van der Waals surface area contributed by atoms with Gasteiger partial charge in [-0.05, 0) is 47.3 Å². The van der Waals surface area contributed by atoms with E-state index in [1.807, 2.05) is 12.1 Å². The minimum Gasteiger partial charge on any atom is -0.330 e. The van der Waals surface area contributed by atoms with E-state index in [4.69, 9.17) is 0 Å². The van der Waals surface area contributed by atoms with Crippen LogP contribution < -0.4 is 0 Å². The Hall–Kier alpha value is -1.43. The number of carbonyl (C=O) groups is 2. The molecule has 1 saturated heterocycles. The molecule has 1 aromatic heterocycles. The fourth-order valence-corrected chi connectivity index (χ4v) is 2.82. The maximum Gasteiger partial charge on any atom is 0.312 e. The van der Waals surface area contributed by atoms with E-state index >= 15 is 0 Å². The lowest BCUT2D eigenvalue weighted by Gasteiger charge is -2.42. The molecule has 6 heteroatoms. The second-order valence-electron chi connectivity index (χ2n) is 5.28. The second kappa shape index (κ2) is 5.52. The lowest BCUT2D eigenvalue weighted by Crippen LogP contribution is -2.58. The third-order valence-corrected chi connectivity index (χ3v) is 4.47. The van der Waals surface area contributed by atoms with Crippen molar-refractivity contribution in [3.8, 4) is 0 Å². The summed E-state index contributed by atoms with van der Waals surface area (Å²) in [6.07, 6.45) is 4.93. The number of halogens is 1. The van der Waals surface area contributed by atoms with Crippen LogP contribution in [0.15, 0.2) is 22.8 Å². The molecule has 0 aromatic carbocycles. The molecule has 0 bridgehead atoms. The summed E-state index contributed by atoms with van der Waals surface area (Å²) in [5.74, 6) is -0.745. The Morgan fingerprint density at radius 1 is 1.20 bits per heavy atom. The molecule has 1 aliphatic heterocycles. The van der Waals surface area contributed by atoms with E-state index < -0.39 is 5.91 Å². The van der Waals surface area contributed by atoms with Gasteiger partial charge in [-0.15, -0.1) is 0 Å². The molecular weight excluding hydrogens is 322 g/mol. The number of carbonyl (C=O) groups excluding carboxylic acids is 2. The van der Waals surface area contributed by atoms with Crippen LogP contribution in [-0.2, 0) is 16.1 Å². The second-order valence-corrected chi connectivity index (χ2v) is 6.19. The minimum absolute atomic E-state index is 0.291. The lowest BCUT2D eigenvalue weighted by atomic mass is 9.91. The van der Waals surface area contributed by atoms with Crippen molar-refractivity contribution in [3.05, 3.63) is 28.5 Å². The van der Waals surface area contributed by atoms with Gasteiger partial charge < -0.3 is 9.80 Å². The lowest BCUT2D eigenvalue weighted by molar-refractivity contribution is -0.159. The van der Waals surface area contributed by atoms with E-state index in [2.05, 4.69) is 20.9 Å². The highest BCUT2D eigenvalue weighted by molar-refractivity contribution is 9.10. The van der Waals surface area contributed by atoms with Crippen molar-refractivity contribution in [3.63, 3.8) is 0 Å². The van der Waals surface area contributed by atoms with Gasteiger partial charge in [0.2, 0.25) is 0 Å². The zero-order valence-electron chi connectivity index (χ0n) is 11.1. The topological polar surface area (TPSA) is 53.5 Å². The van der Waals surface area contributed by atoms with Crippen LogP contribution in [-0.4, -0.2) is 45.7 Å². The molecule has 1 aliphatic carbocycles. The van der Waals surface area contributed by atoms with Gasteiger partial charge in [-0.25, -0.2) is 0 Å². The molecule has 0 unspecified atom stereocenters. The Labute approximate surface area is 126 Å². The van der Waals surface area contributed by atoms with E-state index in [-0.39, 0.29) is 5.91 Å². The van der Waals surface area contributed by atoms with Gasteiger partial charge in [-0.2, -0.15) is 0 Å². The Morgan fingerprint density at radius 3 is 2.60 bits per heavy atom. The van der Waals surface area contributed by atoms with Crippen LogP contribution in [0.2, 0.25) is 0 Å². The third-order valence-electron chi connectivity index (χ3n) is 4.00. The van der Waals surface area contributed by atoms with Crippen molar-refractivity contribution in [2.24, 2.45) is 0 Å². The van der Waals surface area contributed by atoms with Crippen molar-refractivity contribution < 1.29 is 9.59 Å². The summed E-state index contributed by atoms with van der Waals surface area (Å²) in [4.78, 5) is 31.9. The van der Waals surface area contributed by atoms with Crippen molar-refractivity contribution in [2.45, 2.75) is 31.8 Å². The van der Waals surface area contributed by atoms with Crippen LogP contribution in [0.3, 0.4) is 0 Å². The minimum atomic E-state index is -0.395. The van der Waals surface area contributed by atoms with Gasteiger partial charge in [0.15, 0.2) is 0 Å². The molecule has 2 aliphatic rings. The largest absolute Gasteiger partial charge is 0.330 e. The maximum absolute atomic E-state index is 12.1. The Balaban J connectivity index is 1.65. The monoisotopic (exact) mass is 337 g/mol. The van der Waals surface area contributed by atoms with Gasteiger partial charge >= 0.3 is 11.8 Å². The van der Waals surface area contributed by atoms with Crippen LogP contribution in [0.5, 0.6) is 0 Å². The highest BCUT2D eigenvalue weighted by atomic mass is 79.9. The fourth-order valence-electron chi connectivity index (χ4n) is 2.58. The molecule has 2 fully saturated rings. The number of piperazine rings is 1. The molecule has 20 heavy (non-hydrogen) atoms. The summed E-state index contributed by atoms with van der Waals surface area (Å²) in [7, 11) is 0. The zero-order chi connectivity index (χ0) is 14.1. The zero-order valence-corrected chi connectivity index (χ0v) is 12.7. The van der Waals surface area contributed by atoms with Crippen LogP contribution in [0, 0.1) is 0 Å². The molecule has 0 spiro atoms. The number of rotatable bonds is 3. The fraction of sp³-hybridized carbons (Fsp3) is 0.500. The first-order valence-electron chi connectivity index (χ1n) is 6.85. The number of hydrogen-bond acceptors (Lipinski definition) is 3. The van der Waals surface area contributed by atoms with Gasteiger partial charge in [0, 0.05) is 29.8 Å². The highest BCUT2D eigenvalue weighted by Gasteiger charge is 2.38. The first kappa shape index (κ1) is 13.5. The highest BCUT2D eigenvalue weighted by Crippen LogP contribution is 2.26. The molecule has 2 amide bonds. The van der Waals surface area contributed by atoms with E-state index in [9.17, 15) is 9.59 Å².